The van der Waals surface area contributed by atoms with Gasteiger partial charge in [0.25, 0.3) is 0 Å². The van der Waals surface area contributed by atoms with Gasteiger partial charge in [0.1, 0.15) is 0 Å². The van der Waals surface area contributed by atoms with E-state index in [-0.39, 0.29) is 0 Å². The molecule has 1 N–H and O–H groups in total. The fraction of sp³-hybridized carbons (Fsp3) is 0.300. The number of aromatic nitrogens is 3. The second-order valence-corrected chi connectivity index (χ2v) is 3.16. The second kappa shape index (κ2) is 4.65. The fourth-order valence-electron chi connectivity index (χ4n) is 1.21. The highest BCUT2D eigenvalue weighted by Crippen LogP contribution is 1.96. The van der Waals surface area contributed by atoms with Crippen LogP contribution in [0.15, 0.2) is 28.9 Å². The molecule has 5 heteroatoms. The van der Waals surface area contributed by atoms with Crippen molar-refractivity contribution in [3.63, 3.8) is 0 Å². The first kappa shape index (κ1) is 9.79. The van der Waals surface area contributed by atoms with E-state index in [1.54, 1.807) is 13.1 Å². The summed E-state index contributed by atoms with van der Waals surface area (Å²) >= 11 is 0. The maximum atomic E-state index is 4.96. The Morgan fingerprint density at radius 2 is 2.27 bits per heavy atom. The minimum absolute atomic E-state index is 0.567. The Hall–Kier alpha value is -1.75. The van der Waals surface area contributed by atoms with Gasteiger partial charge in [0.05, 0.1) is 12.2 Å². The quantitative estimate of drug-likeness (QED) is 0.806. The Labute approximate surface area is 87.5 Å². The van der Waals surface area contributed by atoms with E-state index >= 15 is 0 Å². The molecule has 0 aliphatic carbocycles. The average molecular weight is 204 g/mol. The molecule has 78 valence electrons. The smallest absolute Gasteiger partial charge is 0.240 e. The van der Waals surface area contributed by atoms with Crippen LogP contribution in [-0.4, -0.2) is 15.1 Å². The molecule has 0 saturated carbocycles. The minimum atomic E-state index is 0.567. The molecule has 2 heterocycles. The number of nitrogens with one attached hydrogen (secondary N) is 1. The number of pyridine rings is 1. The van der Waals surface area contributed by atoms with Crippen molar-refractivity contribution in [2.75, 3.05) is 0 Å². The van der Waals surface area contributed by atoms with Gasteiger partial charge in [-0.1, -0.05) is 11.2 Å². The zero-order chi connectivity index (χ0) is 10.5. The van der Waals surface area contributed by atoms with Crippen LogP contribution in [0.1, 0.15) is 17.4 Å². The van der Waals surface area contributed by atoms with Crippen molar-refractivity contribution in [3.05, 3.63) is 41.8 Å². The molecule has 0 bridgehead atoms. The van der Waals surface area contributed by atoms with Crippen LogP contribution in [0.2, 0.25) is 0 Å². The van der Waals surface area contributed by atoms with Crippen molar-refractivity contribution in [1.29, 1.82) is 0 Å². The topological polar surface area (TPSA) is 63.8 Å². The average Bonchev–Trinajstić information content (AvgIpc) is 2.66. The first-order valence-electron chi connectivity index (χ1n) is 4.74. The molecule has 2 aromatic heterocycles. The van der Waals surface area contributed by atoms with Crippen molar-refractivity contribution in [2.45, 2.75) is 20.0 Å². The van der Waals surface area contributed by atoms with Gasteiger partial charge in [-0.05, 0) is 19.1 Å². The molecule has 0 aliphatic rings. The highest BCUT2D eigenvalue weighted by Gasteiger charge is 2.01. The summed E-state index contributed by atoms with van der Waals surface area (Å²) in [5, 5.41) is 6.87. The van der Waals surface area contributed by atoms with Gasteiger partial charge < -0.3 is 9.84 Å². The maximum Gasteiger partial charge on any atom is 0.240 e. The van der Waals surface area contributed by atoms with Crippen molar-refractivity contribution in [3.8, 4) is 0 Å². The molecule has 0 radical (unpaired) electrons. The number of hydrogen-bond donors (Lipinski definition) is 1. The van der Waals surface area contributed by atoms with Crippen LogP contribution in [0.4, 0.5) is 0 Å². The van der Waals surface area contributed by atoms with Crippen LogP contribution < -0.4 is 5.32 Å². The fourth-order valence-corrected chi connectivity index (χ4v) is 1.21. The Kier molecular flexibility index (Phi) is 3.04. The van der Waals surface area contributed by atoms with Gasteiger partial charge in [-0.15, -0.1) is 0 Å². The standard InChI is InChI=1S/C10H12N4O/c1-8-13-10(15-14-8)7-11-6-9-4-2-3-5-12-9/h2-5,11H,6-7H2,1H3. The molecule has 15 heavy (non-hydrogen) atoms. The van der Waals surface area contributed by atoms with Crippen molar-refractivity contribution < 1.29 is 4.52 Å². The highest BCUT2D eigenvalue weighted by atomic mass is 16.5. The van der Waals surface area contributed by atoms with Crippen molar-refractivity contribution >= 4 is 0 Å². The summed E-state index contributed by atoms with van der Waals surface area (Å²) in [5.74, 6) is 1.26. The summed E-state index contributed by atoms with van der Waals surface area (Å²) in [4.78, 5) is 8.27. The molecule has 0 saturated heterocycles. The highest BCUT2D eigenvalue weighted by molar-refractivity contribution is 5.02. The number of nitrogens with zero attached hydrogens (tertiary/aromatic N) is 3. The zero-order valence-electron chi connectivity index (χ0n) is 8.47. The third-order valence-electron chi connectivity index (χ3n) is 1.88. The summed E-state index contributed by atoms with van der Waals surface area (Å²) in [6.07, 6.45) is 1.77. The lowest BCUT2D eigenvalue weighted by molar-refractivity contribution is 0.364. The van der Waals surface area contributed by atoms with E-state index in [1.807, 2.05) is 18.2 Å². The lowest BCUT2D eigenvalue weighted by Gasteiger charge is -1.99. The van der Waals surface area contributed by atoms with Gasteiger partial charge in [0.2, 0.25) is 5.89 Å². The van der Waals surface area contributed by atoms with E-state index in [4.69, 9.17) is 4.52 Å². The third-order valence-corrected chi connectivity index (χ3v) is 1.88. The minimum Gasteiger partial charge on any atom is -0.338 e. The lowest BCUT2D eigenvalue weighted by atomic mass is 10.3. The van der Waals surface area contributed by atoms with Crippen LogP contribution in [-0.2, 0) is 13.1 Å². The van der Waals surface area contributed by atoms with Gasteiger partial charge >= 0.3 is 0 Å². The van der Waals surface area contributed by atoms with Gasteiger partial charge in [-0.3, -0.25) is 4.98 Å². The first-order chi connectivity index (χ1) is 7.34. The molecule has 0 atom stereocenters. The molecule has 0 aliphatic heterocycles. The van der Waals surface area contributed by atoms with E-state index < -0.39 is 0 Å². The molecule has 0 aromatic carbocycles. The maximum absolute atomic E-state index is 4.96. The normalized spacial score (nSPS) is 10.5. The summed E-state index contributed by atoms with van der Waals surface area (Å²) in [5.41, 5.74) is 0.994. The molecule has 5 nitrogen and oxygen atoms in total. The van der Waals surface area contributed by atoms with E-state index in [2.05, 4.69) is 20.4 Å². The molecular formula is C10H12N4O. The lowest BCUT2D eigenvalue weighted by Crippen LogP contribution is -2.13. The Morgan fingerprint density at radius 3 is 2.93 bits per heavy atom. The molecule has 0 unspecified atom stereocenters. The van der Waals surface area contributed by atoms with Gasteiger partial charge in [0, 0.05) is 12.7 Å². The van der Waals surface area contributed by atoms with Crippen LogP contribution in [0.5, 0.6) is 0 Å². The third kappa shape index (κ3) is 2.85. The van der Waals surface area contributed by atoms with E-state index in [1.165, 1.54) is 0 Å². The Balaban J connectivity index is 1.80. The van der Waals surface area contributed by atoms with Gasteiger partial charge in [0.15, 0.2) is 5.82 Å². The molecule has 0 spiro atoms. The molecule has 2 aromatic rings. The second-order valence-electron chi connectivity index (χ2n) is 3.16. The van der Waals surface area contributed by atoms with Crippen LogP contribution in [0, 0.1) is 6.92 Å². The zero-order valence-corrected chi connectivity index (χ0v) is 8.47. The van der Waals surface area contributed by atoms with E-state index in [0.29, 0.717) is 24.8 Å². The molecule has 0 fully saturated rings. The Bertz CT molecular complexity index is 412. The molecule has 0 amide bonds. The summed E-state index contributed by atoms with van der Waals surface area (Å²) in [6.45, 7) is 3.06. The predicted octanol–water partition coefficient (Wildman–Crippen LogP) is 1.06. The van der Waals surface area contributed by atoms with E-state index in [0.717, 1.165) is 5.69 Å². The first-order valence-corrected chi connectivity index (χ1v) is 4.74. The van der Waals surface area contributed by atoms with Gasteiger partial charge in [-0.25, -0.2) is 0 Å². The van der Waals surface area contributed by atoms with Crippen molar-refractivity contribution in [1.82, 2.24) is 20.4 Å². The summed E-state index contributed by atoms with van der Waals surface area (Å²) in [6, 6.07) is 5.82. The predicted molar refractivity (Wildman–Crippen MR) is 53.8 cm³/mol. The number of rotatable bonds is 4. The molecular weight excluding hydrogens is 192 g/mol. The number of hydrogen-bond acceptors (Lipinski definition) is 5. The van der Waals surface area contributed by atoms with Crippen LogP contribution in [0.3, 0.4) is 0 Å². The van der Waals surface area contributed by atoms with Crippen LogP contribution >= 0.6 is 0 Å². The monoisotopic (exact) mass is 204 g/mol. The van der Waals surface area contributed by atoms with Crippen molar-refractivity contribution in [2.24, 2.45) is 0 Å². The number of aryl methyl sites for hydroxylation is 1. The molecule has 2 rings (SSSR count). The van der Waals surface area contributed by atoms with Gasteiger partial charge in [-0.2, -0.15) is 4.98 Å². The Morgan fingerprint density at radius 1 is 1.33 bits per heavy atom. The van der Waals surface area contributed by atoms with E-state index in [9.17, 15) is 0 Å². The van der Waals surface area contributed by atoms with Crippen LogP contribution in [0.25, 0.3) is 0 Å². The SMILES string of the molecule is Cc1noc(CNCc2ccccn2)n1. The summed E-state index contributed by atoms with van der Waals surface area (Å²) in [7, 11) is 0. The largest absolute Gasteiger partial charge is 0.338 e. The summed E-state index contributed by atoms with van der Waals surface area (Å²) < 4.78 is 4.96.